The quantitative estimate of drug-likeness (QED) is 0.629. The lowest BCUT2D eigenvalue weighted by atomic mass is 9.89. The molecule has 5 heterocycles. The van der Waals surface area contributed by atoms with E-state index in [4.69, 9.17) is 19.2 Å². The fourth-order valence-electron chi connectivity index (χ4n) is 6.12. The van der Waals surface area contributed by atoms with E-state index in [-0.39, 0.29) is 12.0 Å². The lowest BCUT2D eigenvalue weighted by molar-refractivity contribution is -0.133. The molecule has 0 aliphatic carbocycles. The summed E-state index contributed by atoms with van der Waals surface area (Å²) in [5.41, 5.74) is 5.69. The molecule has 1 N–H and O–H groups in total. The summed E-state index contributed by atoms with van der Waals surface area (Å²) in [4.78, 5) is 20.8. The maximum Gasteiger partial charge on any atom is 0.246 e. The van der Waals surface area contributed by atoms with E-state index in [1.165, 1.54) is 11.6 Å². The number of rotatable bonds is 4. The SMILES string of the molecule is C=CC(=O)N1CC(N2CCO[C@H](c3cc(C)c4c(c3)Nc3nccc(C5CCOCC5)c3CO4)CC2)C1. The number of nitrogens with zero attached hydrogens (tertiary/aromatic N) is 3. The van der Waals surface area contributed by atoms with Crippen molar-refractivity contribution in [2.24, 2.45) is 0 Å². The molecule has 0 unspecified atom stereocenters. The van der Waals surface area contributed by atoms with Gasteiger partial charge in [0.25, 0.3) is 0 Å². The maximum atomic E-state index is 11.8. The first-order valence-corrected chi connectivity index (χ1v) is 13.5. The maximum absolute atomic E-state index is 11.8. The Labute approximate surface area is 218 Å². The van der Waals surface area contributed by atoms with Gasteiger partial charge in [-0.3, -0.25) is 9.69 Å². The van der Waals surface area contributed by atoms with Gasteiger partial charge in [0.1, 0.15) is 18.2 Å². The van der Waals surface area contributed by atoms with Crippen molar-refractivity contribution in [2.75, 3.05) is 51.3 Å². The van der Waals surface area contributed by atoms with E-state index in [1.807, 2.05) is 11.1 Å². The van der Waals surface area contributed by atoms with Gasteiger partial charge < -0.3 is 24.4 Å². The predicted molar refractivity (Wildman–Crippen MR) is 141 cm³/mol. The van der Waals surface area contributed by atoms with Crippen LogP contribution < -0.4 is 10.1 Å². The third-order valence-electron chi connectivity index (χ3n) is 8.28. The highest BCUT2D eigenvalue weighted by atomic mass is 16.5. The molecular formula is C29H36N4O4. The number of amides is 1. The normalized spacial score (nSPS) is 22.9. The Morgan fingerprint density at radius 1 is 1.16 bits per heavy atom. The summed E-state index contributed by atoms with van der Waals surface area (Å²) in [5, 5.41) is 3.61. The average molecular weight is 505 g/mol. The van der Waals surface area contributed by atoms with Crippen LogP contribution in [0.2, 0.25) is 0 Å². The van der Waals surface area contributed by atoms with E-state index < -0.39 is 0 Å². The Balaban J connectivity index is 1.18. The Morgan fingerprint density at radius 3 is 2.81 bits per heavy atom. The van der Waals surface area contributed by atoms with Crippen LogP contribution in [0.1, 0.15) is 53.5 Å². The van der Waals surface area contributed by atoms with Crippen LogP contribution in [0.25, 0.3) is 0 Å². The van der Waals surface area contributed by atoms with Crippen LogP contribution in [-0.2, 0) is 20.9 Å². The standard InChI is InChI=1S/C29H36N4O4/c1-3-27(34)33-16-22(17-33)32-9-5-26(36-13-10-32)21-14-19(2)28-25(15-21)31-29-24(18-37-28)23(4-8-30-29)20-6-11-35-12-7-20/h3-4,8,14-15,20,22,26H,1,5-7,9-13,16-18H2,2H3,(H,30,31)/t26-/m0/s1. The Hall–Kier alpha value is -2.94. The van der Waals surface area contributed by atoms with Gasteiger partial charge in [0.2, 0.25) is 5.91 Å². The molecule has 8 heteroatoms. The smallest absolute Gasteiger partial charge is 0.246 e. The fourth-order valence-corrected chi connectivity index (χ4v) is 6.12. The Kier molecular flexibility index (Phi) is 6.88. The third-order valence-corrected chi connectivity index (χ3v) is 8.28. The van der Waals surface area contributed by atoms with Gasteiger partial charge in [0.15, 0.2) is 0 Å². The van der Waals surface area contributed by atoms with Crippen molar-refractivity contribution in [1.82, 2.24) is 14.8 Å². The molecular weight excluding hydrogens is 468 g/mol. The molecule has 1 aromatic carbocycles. The predicted octanol–water partition coefficient (Wildman–Crippen LogP) is 4.08. The molecule has 8 nitrogen and oxygen atoms in total. The van der Waals surface area contributed by atoms with Crippen molar-refractivity contribution in [3.8, 4) is 5.75 Å². The highest BCUT2D eigenvalue weighted by molar-refractivity contribution is 5.87. The van der Waals surface area contributed by atoms with Gasteiger partial charge in [-0.25, -0.2) is 4.98 Å². The third kappa shape index (κ3) is 4.85. The molecule has 3 saturated heterocycles. The zero-order chi connectivity index (χ0) is 25.4. The van der Waals surface area contributed by atoms with Crippen LogP contribution in [0.15, 0.2) is 37.1 Å². The minimum Gasteiger partial charge on any atom is -0.486 e. The largest absolute Gasteiger partial charge is 0.486 e. The van der Waals surface area contributed by atoms with Crippen molar-refractivity contribution >= 4 is 17.4 Å². The molecule has 196 valence electrons. The van der Waals surface area contributed by atoms with E-state index in [9.17, 15) is 4.79 Å². The van der Waals surface area contributed by atoms with E-state index >= 15 is 0 Å². The van der Waals surface area contributed by atoms with E-state index in [2.05, 4.69) is 41.9 Å². The topological polar surface area (TPSA) is 76.2 Å². The number of anilines is 2. The van der Waals surface area contributed by atoms with Crippen molar-refractivity contribution in [3.05, 3.63) is 59.3 Å². The molecule has 0 radical (unpaired) electrons. The molecule has 37 heavy (non-hydrogen) atoms. The number of hydrogen-bond donors (Lipinski definition) is 1. The van der Waals surface area contributed by atoms with Gasteiger partial charge >= 0.3 is 0 Å². The van der Waals surface area contributed by atoms with Crippen LogP contribution in [0.3, 0.4) is 0 Å². The number of ether oxygens (including phenoxy) is 3. The summed E-state index contributed by atoms with van der Waals surface area (Å²) in [7, 11) is 0. The van der Waals surface area contributed by atoms with Gasteiger partial charge in [0, 0.05) is 57.2 Å². The molecule has 3 fully saturated rings. The van der Waals surface area contributed by atoms with Gasteiger partial charge in [-0.05, 0) is 73.1 Å². The minimum atomic E-state index is 0.0195. The molecule has 0 saturated carbocycles. The lowest BCUT2D eigenvalue weighted by Gasteiger charge is -2.44. The number of carbonyl (C=O) groups is 1. The number of nitrogens with one attached hydrogen (secondary N) is 1. The minimum absolute atomic E-state index is 0.0195. The number of carbonyl (C=O) groups excluding carboxylic acids is 1. The summed E-state index contributed by atoms with van der Waals surface area (Å²) in [6, 6.07) is 6.93. The van der Waals surface area contributed by atoms with E-state index in [1.54, 1.807) is 0 Å². The monoisotopic (exact) mass is 504 g/mol. The van der Waals surface area contributed by atoms with Crippen molar-refractivity contribution < 1.29 is 19.0 Å². The van der Waals surface area contributed by atoms with Crippen molar-refractivity contribution in [1.29, 1.82) is 0 Å². The number of likely N-dealkylation sites (tertiary alicyclic amines) is 1. The number of pyridine rings is 1. The molecule has 2 aromatic rings. The van der Waals surface area contributed by atoms with Crippen molar-refractivity contribution in [3.63, 3.8) is 0 Å². The van der Waals surface area contributed by atoms with Gasteiger partial charge in [-0.15, -0.1) is 0 Å². The molecule has 4 aliphatic rings. The van der Waals surface area contributed by atoms with Crippen molar-refractivity contribution in [2.45, 2.75) is 50.9 Å². The van der Waals surface area contributed by atoms with E-state index in [0.29, 0.717) is 25.2 Å². The van der Waals surface area contributed by atoms with Crippen LogP contribution >= 0.6 is 0 Å². The van der Waals surface area contributed by atoms with Gasteiger partial charge in [-0.1, -0.05) is 6.58 Å². The second-order valence-corrected chi connectivity index (χ2v) is 10.5. The first kappa shape index (κ1) is 24.4. The summed E-state index contributed by atoms with van der Waals surface area (Å²) >= 11 is 0. The zero-order valence-electron chi connectivity index (χ0n) is 21.6. The number of hydrogen-bond acceptors (Lipinski definition) is 7. The second kappa shape index (κ2) is 10.4. The van der Waals surface area contributed by atoms with Gasteiger partial charge in [0.05, 0.1) is 18.4 Å². The number of aryl methyl sites for hydroxylation is 1. The van der Waals surface area contributed by atoms with Crippen LogP contribution in [0.4, 0.5) is 11.5 Å². The van der Waals surface area contributed by atoms with Crippen LogP contribution in [0, 0.1) is 6.92 Å². The average Bonchev–Trinajstić information content (AvgIpc) is 3.25. The molecule has 4 aliphatic heterocycles. The summed E-state index contributed by atoms with van der Waals surface area (Å²) in [5.74, 6) is 2.27. The molecule has 1 aromatic heterocycles. The highest BCUT2D eigenvalue weighted by Crippen LogP contribution is 2.41. The molecule has 0 bridgehead atoms. The molecule has 1 atom stereocenters. The highest BCUT2D eigenvalue weighted by Gasteiger charge is 2.35. The molecule has 6 rings (SSSR count). The van der Waals surface area contributed by atoms with Crippen LogP contribution in [0.5, 0.6) is 5.75 Å². The summed E-state index contributed by atoms with van der Waals surface area (Å²) in [6.07, 6.45) is 6.30. The zero-order valence-corrected chi connectivity index (χ0v) is 21.6. The second-order valence-electron chi connectivity index (χ2n) is 10.5. The van der Waals surface area contributed by atoms with Gasteiger partial charge in [-0.2, -0.15) is 0 Å². The lowest BCUT2D eigenvalue weighted by Crippen LogP contribution is -2.61. The molecule has 1 amide bonds. The van der Waals surface area contributed by atoms with Crippen LogP contribution in [-0.4, -0.2) is 72.7 Å². The first-order valence-electron chi connectivity index (χ1n) is 13.5. The Bertz CT molecular complexity index is 1170. The Morgan fingerprint density at radius 2 is 2.00 bits per heavy atom. The summed E-state index contributed by atoms with van der Waals surface area (Å²) in [6.45, 7) is 11.9. The number of aromatic nitrogens is 1. The number of benzene rings is 1. The van der Waals surface area contributed by atoms with E-state index in [0.717, 1.165) is 92.6 Å². The first-order chi connectivity index (χ1) is 18.1. The number of fused-ring (bicyclic) bond motifs is 2. The fraction of sp³-hybridized carbons (Fsp3) is 0.517. The molecule has 0 spiro atoms. The summed E-state index contributed by atoms with van der Waals surface area (Å²) < 4.78 is 18.3.